The molecule has 0 saturated carbocycles. The molecule has 0 aliphatic heterocycles. The number of hydrogen-bond acceptors (Lipinski definition) is 3. The molecule has 0 aliphatic rings. The third-order valence-electron chi connectivity index (χ3n) is 2.87. The summed E-state index contributed by atoms with van der Waals surface area (Å²) in [6, 6.07) is 11.8. The maximum atomic E-state index is 13.3. The van der Waals surface area contributed by atoms with Crippen LogP contribution in [-0.2, 0) is 0 Å². The second-order valence-corrected chi connectivity index (χ2v) is 5.58. The van der Waals surface area contributed by atoms with E-state index in [9.17, 15) is 9.18 Å². The molecule has 0 aliphatic carbocycles. The number of carboxylic acid groups (broad SMARTS) is 1. The van der Waals surface area contributed by atoms with E-state index in [4.69, 9.17) is 9.84 Å². The van der Waals surface area contributed by atoms with Gasteiger partial charge in [-0.15, -0.1) is 11.8 Å². The molecule has 0 unspecified atom stereocenters. The second-order valence-electron chi connectivity index (χ2n) is 4.41. The van der Waals surface area contributed by atoms with Crippen LogP contribution in [-0.4, -0.2) is 23.4 Å². The molecule has 0 spiro atoms. The van der Waals surface area contributed by atoms with Crippen LogP contribution in [0.1, 0.15) is 15.9 Å². The first-order valence-electron chi connectivity index (χ1n) is 6.42. The lowest BCUT2D eigenvalue weighted by Crippen LogP contribution is -2.02. The van der Waals surface area contributed by atoms with Gasteiger partial charge >= 0.3 is 5.97 Å². The van der Waals surface area contributed by atoms with Crippen molar-refractivity contribution in [2.75, 3.05) is 12.4 Å². The predicted molar refractivity (Wildman–Crippen MR) is 80.8 cm³/mol. The summed E-state index contributed by atoms with van der Waals surface area (Å²) < 4.78 is 18.9. The predicted octanol–water partition coefficient (Wildman–Crippen LogP) is 4.00. The third-order valence-corrected chi connectivity index (χ3v) is 3.83. The summed E-state index contributed by atoms with van der Waals surface area (Å²) in [4.78, 5) is 11.6. The molecular formula is C16H15FO3S. The molecule has 110 valence electrons. The molecule has 0 bridgehead atoms. The topological polar surface area (TPSA) is 46.5 Å². The molecule has 0 radical (unpaired) electrons. The quantitative estimate of drug-likeness (QED) is 0.647. The van der Waals surface area contributed by atoms with Crippen LogP contribution >= 0.6 is 11.8 Å². The van der Waals surface area contributed by atoms with Crippen molar-refractivity contribution in [2.45, 2.75) is 11.8 Å². The smallest absolute Gasteiger partial charge is 0.338 e. The third kappa shape index (κ3) is 4.23. The molecule has 0 heterocycles. The molecule has 2 rings (SSSR count). The van der Waals surface area contributed by atoms with E-state index in [1.807, 2.05) is 31.2 Å². The number of carbonyl (C=O) groups is 1. The van der Waals surface area contributed by atoms with Gasteiger partial charge in [0.25, 0.3) is 0 Å². The van der Waals surface area contributed by atoms with Crippen LogP contribution in [0.2, 0.25) is 0 Å². The molecule has 21 heavy (non-hydrogen) atoms. The van der Waals surface area contributed by atoms with Crippen molar-refractivity contribution in [1.82, 2.24) is 0 Å². The molecule has 5 heteroatoms. The molecule has 0 amide bonds. The number of aromatic carboxylic acids is 1. The van der Waals surface area contributed by atoms with Crippen molar-refractivity contribution in [3.8, 4) is 5.75 Å². The van der Waals surface area contributed by atoms with Crippen molar-refractivity contribution in [1.29, 1.82) is 0 Å². The van der Waals surface area contributed by atoms with Crippen molar-refractivity contribution in [2.24, 2.45) is 0 Å². The Kier molecular flexibility index (Phi) is 5.22. The Balaban J connectivity index is 1.88. The SMILES string of the molecule is Cc1ccccc1OCCSc1ccc(F)c(C(=O)O)c1. The van der Waals surface area contributed by atoms with Crippen LogP contribution in [0.5, 0.6) is 5.75 Å². The molecule has 2 aromatic carbocycles. The summed E-state index contributed by atoms with van der Waals surface area (Å²) in [6.45, 7) is 2.47. The van der Waals surface area contributed by atoms with E-state index < -0.39 is 11.8 Å². The van der Waals surface area contributed by atoms with Gasteiger partial charge in [0, 0.05) is 10.6 Å². The molecule has 0 saturated heterocycles. The van der Waals surface area contributed by atoms with Gasteiger partial charge in [-0.2, -0.15) is 0 Å². The Morgan fingerprint density at radius 3 is 2.76 bits per heavy atom. The lowest BCUT2D eigenvalue weighted by molar-refractivity contribution is 0.0691. The number of para-hydroxylation sites is 1. The summed E-state index contributed by atoms with van der Waals surface area (Å²) >= 11 is 1.43. The van der Waals surface area contributed by atoms with Crippen LogP contribution in [0.15, 0.2) is 47.4 Å². The standard InChI is InChI=1S/C16H15FO3S/c1-11-4-2-3-5-15(11)20-8-9-21-12-6-7-14(17)13(10-12)16(18)19/h2-7,10H,8-9H2,1H3,(H,18,19). The first-order chi connectivity index (χ1) is 10.1. The average Bonchev–Trinajstić information content (AvgIpc) is 2.46. The minimum absolute atomic E-state index is 0.306. The number of ether oxygens (including phenoxy) is 1. The number of carboxylic acids is 1. The second kappa shape index (κ2) is 7.13. The van der Waals surface area contributed by atoms with Crippen molar-refractivity contribution in [3.63, 3.8) is 0 Å². The van der Waals surface area contributed by atoms with Crippen LogP contribution < -0.4 is 4.74 Å². The van der Waals surface area contributed by atoms with Crippen molar-refractivity contribution < 1.29 is 19.0 Å². The first-order valence-corrected chi connectivity index (χ1v) is 7.40. The fraction of sp³-hybridized carbons (Fsp3) is 0.188. The first kappa shape index (κ1) is 15.4. The van der Waals surface area contributed by atoms with Crippen molar-refractivity contribution in [3.05, 3.63) is 59.4 Å². The molecule has 0 aromatic heterocycles. The van der Waals surface area contributed by atoms with E-state index in [0.717, 1.165) is 11.3 Å². The van der Waals surface area contributed by atoms with Crippen LogP contribution in [0.3, 0.4) is 0 Å². The molecule has 0 fully saturated rings. The van der Waals surface area contributed by atoms with Gasteiger partial charge in [-0.3, -0.25) is 0 Å². The van der Waals surface area contributed by atoms with Gasteiger partial charge < -0.3 is 9.84 Å². The highest BCUT2D eigenvalue weighted by Crippen LogP contribution is 2.22. The lowest BCUT2D eigenvalue weighted by atomic mass is 10.2. The summed E-state index contributed by atoms with van der Waals surface area (Å²) in [5.41, 5.74) is 0.761. The van der Waals surface area contributed by atoms with E-state index in [2.05, 4.69) is 0 Å². The Bertz CT molecular complexity index is 643. The Labute approximate surface area is 126 Å². The highest BCUT2D eigenvalue weighted by molar-refractivity contribution is 7.99. The van der Waals surface area contributed by atoms with Gasteiger partial charge in [-0.05, 0) is 36.8 Å². The molecule has 1 N–H and O–H groups in total. The summed E-state index contributed by atoms with van der Waals surface area (Å²) in [5, 5.41) is 8.87. The summed E-state index contributed by atoms with van der Waals surface area (Å²) in [6.07, 6.45) is 0. The van der Waals surface area contributed by atoms with Gasteiger partial charge in [0.1, 0.15) is 11.6 Å². The highest BCUT2D eigenvalue weighted by Gasteiger charge is 2.10. The average molecular weight is 306 g/mol. The molecule has 3 nitrogen and oxygen atoms in total. The summed E-state index contributed by atoms with van der Waals surface area (Å²) in [5.74, 6) is -0.489. The van der Waals surface area contributed by atoms with E-state index in [1.54, 1.807) is 6.07 Å². The van der Waals surface area contributed by atoms with Crippen LogP contribution in [0, 0.1) is 12.7 Å². The Morgan fingerprint density at radius 1 is 1.29 bits per heavy atom. The van der Waals surface area contributed by atoms with Gasteiger partial charge in [0.05, 0.1) is 12.2 Å². The zero-order valence-corrected chi connectivity index (χ0v) is 12.3. The zero-order chi connectivity index (χ0) is 15.2. The number of benzene rings is 2. The van der Waals surface area contributed by atoms with E-state index >= 15 is 0 Å². The van der Waals surface area contributed by atoms with E-state index in [1.165, 1.54) is 23.9 Å². The number of thioether (sulfide) groups is 1. The Hall–Kier alpha value is -2.01. The monoisotopic (exact) mass is 306 g/mol. The molecule has 0 atom stereocenters. The lowest BCUT2D eigenvalue weighted by Gasteiger charge is -2.08. The van der Waals surface area contributed by atoms with Gasteiger partial charge in [0.15, 0.2) is 0 Å². The van der Waals surface area contributed by atoms with Gasteiger partial charge in [-0.1, -0.05) is 18.2 Å². The zero-order valence-electron chi connectivity index (χ0n) is 11.5. The van der Waals surface area contributed by atoms with Gasteiger partial charge in [-0.25, -0.2) is 9.18 Å². The fourth-order valence-corrected chi connectivity index (χ4v) is 2.56. The summed E-state index contributed by atoms with van der Waals surface area (Å²) in [7, 11) is 0. The van der Waals surface area contributed by atoms with Gasteiger partial charge in [0.2, 0.25) is 0 Å². The maximum absolute atomic E-state index is 13.3. The van der Waals surface area contributed by atoms with Crippen molar-refractivity contribution >= 4 is 17.7 Å². The normalized spacial score (nSPS) is 10.4. The number of rotatable bonds is 6. The number of halogens is 1. The van der Waals surface area contributed by atoms with Crippen LogP contribution in [0.25, 0.3) is 0 Å². The van der Waals surface area contributed by atoms with Crippen LogP contribution in [0.4, 0.5) is 4.39 Å². The minimum Gasteiger partial charge on any atom is -0.492 e. The number of hydrogen-bond donors (Lipinski definition) is 1. The minimum atomic E-state index is -1.26. The largest absolute Gasteiger partial charge is 0.492 e. The van der Waals surface area contributed by atoms with E-state index in [0.29, 0.717) is 17.3 Å². The maximum Gasteiger partial charge on any atom is 0.338 e. The highest BCUT2D eigenvalue weighted by atomic mass is 32.2. The number of aryl methyl sites for hydroxylation is 1. The Morgan fingerprint density at radius 2 is 2.05 bits per heavy atom. The fourth-order valence-electron chi connectivity index (χ4n) is 1.79. The molecule has 2 aromatic rings. The molecular weight excluding hydrogens is 291 g/mol. The van der Waals surface area contributed by atoms with E-state index in [-0.39, 0.29) is 5.56 Å².